The Labute approximate surface area is 105 Å². The minimum atomic E-state index is -2.52. The first kappa shape index (κ1) is 16.4. The Kier molecular flexibility index (Phi) is 9.05. The standard InChI is InChI=1S/C10H25N3O3Si/c1-4-14-17(15-5-2,16-6-3)9-7-8-13-10(11)12/h4-9H2,1-3H3,(H4,11,12,13). The molecule has 0 aromatic rings. The van der Waals surface area contributed by atoms with E-state index in [1.165, 1.54) is 0 Å². The second-order valence-corrected chi connectivity index (χ2v) is 6.16. The predicted octanol–water partition coefficient (Wildman–Crippen LogP) is 0.908. The van der Waals surface area contributed by atoms with E-state index in [1.807, 2.05) is 20.8 Å². The van der Waals surface area contributed by atoms with Gasteiger partial charge >= 0.3 is 8.80 Å². The molecule has 102 valence electrons. The second-order valence-electron chi connectivity index (χ2n) is 3.43. The van der Waals surface area contributed by atoms with Gasteiger partial charge in [0, 0.05) is 32.4 Å². The third-order valence-corrected chi connectivity index (χ3v) is 5.22. The monoisotopic (exact) mass is 263 g/mol. The third-order valence-electron chi connectivity index (χ3n) is 2.07. The normalized spacial score (nSPS) is 11.5. The van der Waals surface area contributed by atoms with Crippen LogP contribution in [0.1, 0.15) is 27.2 Å². The summed E-state index contributed by atoms with van der Waals surface area (Å²) >= 11 is 0. The molecule has 7 heteroatoms. The Morgan fingerprint density at radius 2 is 1.59 bits per heavy atom. The Balaban J connectivity index is 4.18. The van der Waals surface area contributed by atoms with Gasteiger partial charge in [-0.05, 0) is 27.2 Å². The molecule has 0 aliphatic carbocycles. The molecule has 0 rings (SSSR count). The molecule has 0 aliphatic rings. The zero-order valence-electron chi connectivity index (χ0n) is 11.0. The number of nitrogens with two attached hydrogens (primary N) is 1. The van der Waals surface area contributed by atoms with Crippen LogP contribution in [0.25, 0.3) is 0 Å². The molecule has 0 unspecified atom stereocenters. The van der Waals surface area contributed by atoms with Gasteiger partial charge in [0.2, 0.25) is 0 Å². The zero-order chi connectivity index (χ0) is 13.1. The molecule has 0 aromatic heterocycles. The number of hydrogen-bond acceptors (Lipinski definition) is 4. The number of rotatable bonds is 10. The summed E-state index contributed by atoms with van der Waals surface area (Å²) in [4.78, 5) is 0. The lowest BCUT2D eigenvalue weighted by atomic mass is 10.5. The number of hydrogen-bond donors (Lipinski definition) is 3. The molecule has 0 fully saturated rings. The first-order valence-corrected chi connectivity index (χ1v) is 8.03. The van der Waals surface area contributed by atoms with E-state index in [9.17, 15) is 0 Å². The lowest BCUT2D eigenvalue weighted by Crippen LogP contribution is -2.46. The first-order valence-electron chi connectivity index (χ1n) is 6.10. The van der Waals surface area contributed by atoms with Crippen LogP contribution in [0, 0.1) is 5.41 Å². The second kappa shape index (κ2) is 9.40. The summed E-state index contributed by atoms with van der Waals surface area (Å²) in [5.41, 5.74) is 5.21. The molecule has 4 N–H and O–H groups in total. The molecule has 0 spiro atoms. The fourth-order valence-corrected chi connectivity index (χ4v) is 4.14. The van der Waals surface area contributed by atoms with Crippen LogP contribution in [0.2, 0.25) is 6.04 Å². The van der Waals surface area contributed by atoms with Crippen LogP contribution >= 0.6 is 0 Å². The minimum Gasteiger partial charge on any atom is -0.374 e. The van der Waals surface area contributed by atoms with Crippen molar-refractivity contribution in [3.63, 3.8) is 0 Å². The zero-order valence-corrected chi connectivity index (χ0v) is 12.0. The molecule has 0 heterocycles. The average Bonchev–Trinajstić information content (AvgIpc) is 2.25. The predicted molar refractivity (Wildman–Crippen MR) is 70.0 cm³/mol. The Hall–Kier alpha value is -0.633. The van der Waals surface area contributed by atoms with Gasteiger partial charge in [0.05, 0.1) is 0 Å². The van der Waals surface area contributed by atoms with E-state index in [0.717, 1.165) is 12.5 Å². The van der Waals surface area contributed by atoms with Crippen LogP contribution in [0.3, 0.4) is 0 Å². The summed E-state index contributed by atoms with van der Waals surface area (Å²) in [7, 11) is -2.52. The van der Waals surface area contributed by atoms with Crippen molar-refractivity contribution < 1.29 is 13.3 Å². The Morgan fingerprint density at radius 1 is 1.12 bits per heavy atom. The summed E-state index contributed by atoms with van der Waals surface area (Å²) in [5.74, 6) is -0.0125. The summed E-state index contributed by atoms with van der Waals surface area (Å²) in [6.45, 7) is 8.22. The fraction of sp³-hybridized carbons (Fsp3) is 0.900. The van der Waals surface area contributed by atoms with E-state index in [1.54, 1.807) is 0 Å². The van der Waals surface area contributed by atoms with Gasteiger partial charge in [0.25, 0.3) is 0 Å². The van der Waals surface area contributed by atoms with E-state index in [2.05, 4.69) is 5.32 Å². The van der Waals surface area contributed by atoms with E-state index in [4.69, 9.17) is 24.4 Å². The molecule has 0 amide bonds. The maximum Gasteiger partial charge on any atom is 0.500 e. The van der Waals surface area contributed by atoms with E-state index in [-0.39, 0.29) is 5.96 Å². The molecule has 0 aromatic carbocycles. The highest BCUT2D eigenvalue weighted by molar-refractivity contribution is 6.60. The highest BCUT2D eigenvalue weighted by Gasteiger charge is 2.39. The summed E-state index contributed by atoms with van der Waals surface area (Å²) in [6, 6.07) is 0.739. The van der Waals surface area contributed by atoms with Crippen molar-refractivity contribution in [3.8, 4) is 0 Å². The lowest BCUT2D eigenvalue weighted by molar-refractivity contribution is 0.0709. The molecule has 6 nitrogen and oxygen atoms in total. The molecule has 0 saturated carbocycles. The Morgan fingerprint density at radius 3 is 1.94 bits per heavy atom. The summed E-state index contributed by atoms with van der Waals surface area (Å²) < 4.78 is 17.1. The smallest absolute Gasteiger partial charge is 0.374 e. The SMILES string of the molecule is CCO[Si](CCCNC(=N)N)(OCC)OCC. The van der Waals surface area contributed by atoms with E-state index < -0.39 is 8.80 Å². The van der Waals surface area contributed by atoms with Gasteiger partial charge in [-0.15, -0.1) is 0 Å². The maximum absolute atomic E-state index is 7.06. The largest absolute Gasteiger partial charge is 0.500 e. The summed E-state index contributed by atoms with van der Waals surface area (Å²) in [6.07, 6.45) is 0.811. The molecule has 0 saturated heterocycles. The van der Waals surface area contributed by atoms with Gasteiger partial charge in [-0.25, -0.2) is 0 Å². The average molecular weight is 263 g/mol. The van der Waals surface area contributed by atoms with Crippen molar-refractivity contribution in [2.45, 2.75) is 33.2 Å². The van der Waals surface area contributed by atoms with Crippen LogP contribution < -0.4 is 11.1 Å². The lowest BCUT2D eigenvalue weighted by Gasteiger charge is -2.28. The van der Waals surface area contributed by atoms with Gasteiger partial charge in [0.15, 0.2) is 5.96 Å². The van der Waals surface area contributed by atoms with Crippen LogP contribution in [-0.4, -0.2) is 41.1 Å². The molecular formula is C10H25N3O3Si. The highest BCUT2D eigenvalue weighted by atomic mass is 28.4. The van der Waals surface area contributed by atoms with Gasteiger partial charge < -0.3 is 24.3 Å². The van der Waals surface area contributed by atoms with Crippen LogP contribution in [0.5, 0.6) is 0 Å². The van der Waals surface area contributed by atoms with Gasteiger partial charge in [0.1, 0.15) is 0 Å². The van der Waals surface area contributed by atoms with Crippen LogP contribution in [-0.2, 0) is 13.3 Å². The van der Waals surface area contributed by atoms with Crippen molar-refractivity contribution >= 4 is 14.8 Å². The third kappa shape index (κ3) is 7.32. The molecule has 0 bridgehead atoms. The van der Waals surface area contributed by atoms with Crippen molar-refractivity contribution in [2.75, 3.05) is 26.4 Å². The number of nitrogens with one attached hydrogen (secondary N) is 2. The van der Waals surface area contributed by atoms with E-state index in [0.29, 0.717) is 26.4 Å². The van der Waals surface area contributed by atoms with Crippen LogP contribution in [0.4, 0.5) is 0 Å². The number of guanidine groups is 1. The Bertz CT molecular complexity index is 200. The topological polar surface area (TPSA) is 89.6 Å². The molecule has 0 atom stereocenters. The maximum atomic E-state index is 7.06. The van der Waals surface area contributed by atoms with Gasteiger partial charge in [-0.1, -0.05) is 0 Å². The molecule has 17 heavy (non-hydrogen) atoms. The minimum absolute atomic E-state index is 0.0125. The summed E-state index contributed by atoms with van der Waals surface area (Å²) in [5, 5.41) is 9.82. The first-order chi connectivity index (χ1) is 8.10. The highest BCUT2D eigenvalue weighted by Crippen LogP contribution is 2.17. The quantitative estimate of drug-likeness (QED) is 0.236. The van der Waals surface area contributed by atoms with Crippen molar-refractivity contribution in [2.24, 2.45) is 5.73 Å². The van der Waals surface area contributed by atoms with Gasteiger partial charge in [-0.3, -0.25) is 5.41 Å². The van der Waals surface area contributed by atoms with Crippen LogP contribution in [0.15, 0.2) is 0 Å². The molecular weight excluding hydrogens is 238 g/mol. The molecule has 0 aliphatic heterocycles. The van der Waals surface area contributed by atoms with E-state index >= 15 is 0 Å². The molecule has 0 radical (unpaired) electrons. The fourth-order valence-electron chi connectivity index (χ4n) is 1.53. The van der Waals surface area contributed by atoms with Gasteiger partial charge in [-0.2, -0.15) is 0 Å². The van der Waals surface area contributed by atoms with Crippen molar-refractivity contribution in [1.29, 1.82) is 5.41 Å². The van der Waals surface area contributed by atoms with Crippen molar-refractivity contribution in [3.05, 3.63) is 0 Å². The van der Waals surface area contributed by atoms with Crippen molar-refractivity contribution in [1.82, 2.24) is 5.32 Å².